The molecule has 3 unspecified atom stereocenters. The third kappa shape index (κ3) is 8.10. The number of cyclic esters (lactones) is 1. The van der Waals surface area contributed by atoms with Gasteiger partial charge in [0, 0.05) is 35.3 Å². The van der Waals surface area contributed by atoms with Gasteiger partial charge < -0.3 is 43.3 Å². The van der Waals surface area contributed by atoms with Crippen molar-refractivity contribution in [2.75, 3.05) is 33.9 Å². The number of ketones is 1. The molecule has 0 spiro atoms. The zero-order valence-electron chi connectivity index (χ0n) is 36.0. The molecule has 5 aliphatic heterocycles. The lowest BCUT2D eigenvalue weighted by atomic mass is 9.73. The molecule has 5 saturated heterocycles. The number of likely N-dealkylation sites (N-methyl/N-ethyl adjacent to an activating group) is 1. The molecular formula is C42H62N6O11. The number of nitrogens with one attached hydrogen (secondary N) is 1. The van der Waals surface area contributed by atoms with E-state index < -0.39 is 89.6 Å². The number of benzene rings is 1. The Morgan fingerprint density at radius 1 is 1.07 bits per heavy atom. The quantitative estimate of drug-likeness (QED) is 0.302. The zero-order chi connectivity index (χ0) is 42.6. The molecule has 17 nitrogen and oxygen atoms in total. The molecule has 2 N–H and O–H groups in total. The maximum Gasteiger partial charge on any atom is 0.411 e. The van der Waals surface area contributed by atoms with Gasteiger partial charge in [0.1, 0.15) is 35.6 Å². The summed E-state index contributed by atoms with van der Waals surface area (Å²) < 4.78 is 39.8. The number of aliphatic hydroxyl groups is 1. The average Bonchev–Trinajstić information content (AvgIpc) is 3.78. The number of Topliss-reactive ketones (excluding diaryl/α,β-unsaturated/α-hetero) is 1. The van der Waals surface area contributed by atoms with E-state index in [0.29, 0.717) is 29.6 Å². The summed E-state index contributed by atoms with van der Waals surface area (Å²) in [6.45, 7) is 14.9. The molecule has 5 fully saturated rings. The number of H-pyrrole nitrogens is 1. The van der Waals surface area contributed by atoms with Gasteiger partial charge in [-0.2, -0.15) is 15.4 Å². The van der Waals surface area contributed by atoms with Crippen molar-refractivity contribution in [2.45, 2.75) is 141 Å². The highest BCUT2D eigenvalue weighted by atomic mass is 16.7. The minimum absolute atomic E-state index is 0.0271. The molecule has 17 heteroatoms. The van der Waals surface area contributed by atoms with Crippen molar-refractivity contribution in [3.05, 3.63) is 23.8 Å². The summed E-state index contributed by atoms with van der Waals surface area (Å²) in [6, 6.07) is 4.47. The molecular weight excluding hydrogens is 764 g/mol. The molecule has 1 aromatic heterocycles. The number of ether oxygens (including phenoxy) is 6. The lowest BCUT2D eigenvalue weighted by Crippen LogP contribution is -2.61. The largest absolute Gasteiger partial charge is 0.458 e. The average molecular weight is 827 g/mol. The van der Waals surface area contributed by atoms with Crippen molar-refractivity contribution in [1.29, 1.82) is 0 Å². The Kier molecular flexibility index (Phi) is 12.5. The van der Waals surface area contributed by atoms with E-state index in [9.17, 15) is 19.5 Å². The van der Waals surface area contributed by atoms with Crippen LogP contribution in [0.4, 0.5) is 4.79 Å². The second-order valence-corrected chi connectivity index (χ2v) is 18.1. The van der Waals surface area contributed by atoms with E-state index in [2.05, 4.69) is 15.4 Å². The molecule has 7 rings (SSSR count). The predicted octanol–water partition coefficient (Wildman–Crippen LogP) is 3.86. The van der Waals surface area contributed by atoms with Crippen LogP contribution in [0.1, 0.15) is 80.2 Å². The van der Waals surface area contributed by atoms with E-state index in [1.54, 1.807) is 20.8 Å². The normalized spacial score (nSPS) is 41.6. The van der Waals surface area contributed by atoms with Crippen molar-refractivity contribution in [1.82, 2.24) is 25.2 Å². The lowest BCUT2D eigenvalue weighted by molar-refractivity contribution is -0.302. The summed E-state index contributed by atoms with van der Waals surface area (Å²) in [5, 5.41) is 27.5. The number of carbonyl (C=O) groups is 3. The number of esters is 1. The summed E-state index contributed by atoms with van der Waals surface area (Å²) >= 11 is 0. The van der Waals surface area contributed by atoms with Gasteiger partial charge in [-0.05, 0) is 67.1 Å². The van der Waals surface area contributed by atoms with Gasteiger partial charge in [0.15, 0.2) is 11.9 Å². The number of oxime groups is 1. The van der Waals surface area contributed by atoms with Crippen molar-refractivity contribution in [3.8, 4) is 0 Å². The van der Waals surface area contributed by atoms with Crippen LogP contribution in [0.3, 0.4) is 0 Å². The van der Waals surface area contributed by atoms with Crippen LogP contribution in [0.2, 0.25) is 0 Å². The van der Waals surface area contributed by atoms with E-state index >= 15 is 0 Å². The first kappa shape index (κ1) is 43.4. The molecule has 1 aromatic carbocycles. The highest BCUT2D eigenvalue weighted by Gasteiger charge is 2.61. The Bertz CT molecular complexity index is 1890. The number of aromatic amines is 1. The van der Waals surface area contributed by atoms with Gasteiger partial charge in [-0.3, -0.25) is 14.5 Å². The van der Waals surface area contributed by atoms with Gasteiger partial charge in [0.05, 0.1) is 61.3 Å². The Labute approximate surface area is 345 Å². The zero-order valence-corrected chi connectivity index (χ0v) is 36.0. The monoisotopic (exact) mass is 826 g/mol. The predicted molar refractivity (Wildman–Crippen MR) is 213 cm³/mol. The Morgan fingerprint density at radius 3 is 2.56 bits per heavy atom. The second kappa shape index (κ2) is 17.0. The summed E-state index contributed by atoms with van der Waals surface area (Å²) in [5.74, 6) is -4.04. The molecule has 5 aliphatic rings. The smallest absolute Gasteiger partial charge is 0.411 e. The number of hydrogen-bond acceptors (Lipinski definition) is 15. The number of carbonyl (C=O) groups excluding carboxylic acids is 3. The first-order valence-corrected chi connectivity index (χ1v) is 21.1. The SMILES string of the molecule is CC[C@H]1OC(=O)[C@H](C)[C@H]2OCC3COC(C)(C[C@@H](C)C(=O)[C@H](C)[C@@H]4N(C/C3=N/OCc3cccc5n[nH]nc35)C(=O)OC41C)[C@H](O[C@@H]1O[C@H](C)C[C@H](N(C)C)[C@H]1O)[C@H]2C. The fraction of sp³-hybridized carbons (Fsp3) is 0.762. The number of fused-ring (bicyclic) bond motifs is 6. The third-order valence-corrected chi connectivity index (χ3v) is 13.6. The molecule has 2 aromatic rings. The number of para-hydroxylation sites is 1. The Hall–Kier alpha value is -3.74. The van der Waals surface area contributed by atoms with E-state index in [1.807, 2.05) is 71.8 Å². The first-order chi connectivity index (χ1) is 28.0. The van der Waals surface area contributed by atoms with Crippen molar-refractivity contribution >= 4 is 34.6 Å². The maximum atomic E-state index is 14.9. The number of hydrogen-bond donors (Lipinski definition) is 2. The number of amides is 1. The highest BCUT2D eigenvalue weighted by molar-refractivity contribution is 5.92. The number of nitrogens with zero attached hydrogens (tertiary/aromatic N) is 5. The number of aromatic nitrogens is 3. The molecule has 326 valence electrons. The fourth-order valence-electron chi connectivity index (χ4n) is 10.4. The van der Waals surface area contributed by atoms with Gasteiger partial charge in [-0.25, -0.2) is 4.79 Å². The van der Waals surface area contributed by atoms with Gasteiger partial charge in [-0.1, -0.05) is 45.0 Å². The standard InChI is InChI=1S/C42H62N6O11/c1-11-31-42(8)36-23(4)33(49)21(2)16-41(7)37(58-39-34(50)30(47(9)10)15-22(3)56-39)24(5)35(25(6)38(51)57-31)53-18-27(19-54-41)29(17-48(36)40(52)59-42)45-55-20-26-13-12-14-28-32(26)44-46-43-28/h12-14,21-25,27,30-31,34-37,39,50H,11,15-20H2,1-10H3,(H,43,44,46)/b45-29-/t21-,22-,23+,24+,25-,27?,30+,31-,34-,35+,36+,37-,39+,41?,42?/m1/s1. The Morgan fingerprint density at radius 2 is 1.83 bits per heavy atom. The van der Waals surface area contributed by atoms with Gasteiger partial charge in [0.2, 0.25) is 0 Å². The lowest BCUT2D eigenvalue weighted by Gasteiger charge is -2.48. The van der Waals surface area contributed by atoms with Crippen LogP contribution in [0.15, 0.2) is 23.4 Å². The molecule has 15 atom stereocenters. The minimum atomic E-state index is -1.40. The van der Waals surface area contributed by atoms with Crippen LogP contribution < -0.4 is 0 Å². The van der Waals surface area contributed by atoms with Crippen LogP contribution in [-0.2, 0) is 49.5 Å². The highest BCUT2D eigenvalue weighted by Crippen LogP contribution is 2.45. The molecule has 0 aliphatic carbocycles. The van der Waals surface area contributed by atoms with Gasteiger partial charge in [0.25, 0.3) is 0 Å². The van der Waals surface area contributed by atoms with Crippen molar-refractivity contribution in [3.63, 3.8) is 0 Å². The van der Waals surface area contributed by atoms with E-state index in [0.717, 1.165) is 5.56 Å². The molecule has 59 heavy (non-hydrogen) atoms. The van der Waals surface area contributed by atoms with Crippen LogP contribution in [-0.4, -0.2) is 148 Å². The summed E-state index contributed by atoms with van der Waals surface area (Å²) in [6.07, 6.45) is -4.40. The minimum Gasteiger partial charge on any atom is -0.458 e. The summed E-state index contributed by atoms with van der Waals surface area (Å²) in [5.41, 5.74) is -0.117. The van der Waals surface area contributed by atoms with E-state index in [-0.39, 0.29) is 50.7 Å². The van der Waals surface area contributed by atoms with Gasteiger partial charge >= 0.3 is 12.1 Å². The Balaban J connectivity index is 1.38. The van der Waals surface area contributed by atoms with E-state index in [1.165, 1.54) is 4.90 Å². The first-order valence-electron chi connectivity index (χ1n) is 21.1. The van der Waals surface area contributed by atoms with Crippen LogP contribution >= 0.6 is 0 Å². The number of rotatable bonds is 7. The molecule has 0 saturated carbocycles. The third-order valence-electron chi connectivity index (χ3n) is 13.6. The van der Waals surface area contributed by atoms with Crippen molar-refractivity contribution < 1.29 is 52.7 Å². The van der Waals surface area contributed by atoms with Crippen LogP contribution in [0.5, 0.6) is 0 Å². The summed E-state index contributed by atoms with van der Waals surface area (Å²) in [7, 11) is 3.82. The molecule has 0 radical (unpaired) electrons. The molecule has 6 heterocycles. The van der Waals surface area contributed by atoms with E-state index in [4.69, 9.17) is 38.4 Å². The summed E-state index contributed by atoms with van der Waals surface area (Å²) in [4.78, 5) is 53.0. The topological polar surface area (TPSA) is 196 Å². The fourth-order valence-corrected chi connectivity index (χ4v) is 10.4. The van der Waals surface area contributed by atoms with Crippen LogP contribution in [0.25, 0.3) is 11.0 Å². The maximum absolute atomic E-state index is 14.9. The number of aliphatic hydroxyl groups excluding tert-OH is 1. The second-order valence-electron chi connectivity index (χ2n) is 18.1. The van der Waals surface area contributed by atoms with Crippen LogP contribution in [0, 0.1) is 29.6 Å². The van der Waals surface area contributed by atoms with Crippen molar-refractivity contribution in [2.24, 2.45) is 34.7 Å². The molecule has 1 amide bonds. The van der Waals surface area contributed by atoms with Gasteiger partial charge in [-0.15, -0.1) is 0 Å². The molecule has 6 bridgehead atoms.